The summed E-state index contributed by atoms with van der Waals surface area (Å²) in [6.07, 6.45) is 3.58. The Hall–Kier alpha value is -1.35. The third kappa shape index (κ3) is 3.60. The van der Waals surface area contributed by atoms with Crippen LogP contribution in [0.3, 0.4) is 0 Å². The molecule has 0 bridgehead atoms. The molecule has 0 radical (unpaired) electrons. The number of hydrogen-bond acceptors (Lipinski definition) is 4. The molecule has 0 unspecified atom stereocenters. The number of aliphatic hydroxyl groups excluding tert-OH is 1. The van der Waals surface area contributed by atoms with Gasteiger partial charge in [0, 0.05) is 13.6 Å². The predicted octanol–water partition coefficient (Wildman–Crippen LogP) is 1.47. The first-order chi connectivity index (χ1) is 9.54. The Bertz CT molecular complexity index is 535. The van der Waals surface area contributed by atoms with Crippen LogP contribution in [0.15, 0.2) is 12.1 Å². The van der Waals surface area contributed by atoms with Gasteiger partial charge < -0.3 is 15.1 Å². The van der Waals surface area contributed by atoms with Crippen molar-refractivity contribution in [3.63, 3.8) is 0 Å². The van der Waals surface area contributed by atoms with E-state index in [-0.39, 0.29) is 12.5 Å². The number of likely N-dealkylation sites (N-methyl/N-ethyl adjacent to an activating group) is 1. The molecule has 1 aliphatic rings. The first kappa shape index (κ1) is 15.0. The van der Waals surface area contributed by atoms with Gasteiger partial charge in [0.1, 0.15) is 6.61 Å². The number of aliphatic hydroxyl groups is 2. The van der Waals surface area contributed by atoms with Gasteiger partial charge >= 0.3 is 0 Å². The van der Waals surface area contributed by atoms with Gasteiger partial charge in [0.2, 0.25) is 0 Å². The predicted molar refractivity (Wildman–Crippen MR) is 78.7 cm³/mol. The van der Waals surface area contributed by atoms with Gasteiger partial charge in [0.15, 0.2) is 0 Å². The second-order valence-corrected chi connectivity index (χ2v) is 6.30. The average molecular weight is 293 g/mol. The lowest BCUT2D eigenvalue weighted by atomic mass is 10.0. The summed E-state index contributed by atoms with van der Waals surface area (Å²) in [7, 11) is 1.72. The molecule has 0 aliphatic heterocycles. The maximum atomic E-state index is 12.3. The molecule has 2 rings (SSSR count). The van der Waals surface area contributed by atoms with E-state index in [1.165, 1.54) is 11.3 Å². The van der Waals surface area contributed by atoms with E-state index in [4.69, 9.17) is 5.11 Å². The van der Waals surface area contributed by atoms with Crippen molar-refractivity contribution in [1.29, 1.82) is 0 Å². The van der Waals surface area contributed by atoms with E-state index in [1.54, 1.807) is 24.1 Å². The van der Waals surface area contributed by atoms with Gasteiger partial charge in [-0.1, -0.05) is 24.7 Å². The van der Waals surface area contributed by atoms with Crippen molar-refractivity contribution < 1.29 is 15.0 Å². The minimum atomic E-state index is -0.721. The van der Waals surface area contributed by atoms with Crippen LogP contribution < -0.4 is 0 Å². The first-order valence-electron chi connectivity index (χ1n) is 6.71. The Morgan fingerprint density at radius 2 is 2.15 bits per heavy atom. The zero-order chi connectivity index (χ0) is 14.6. The molecule has 0 spiro atoms. The van der Waals surface area contributed by atoms with E-state index in [0.29, 0.717) is 11.4 Å². The highest BCUT2D eigenvalue weighted by molar-refractivity contribution is 7.14. The Morgan fingerprint density at radius 1 is 1.45 bits per heavy atom. The summed E-state index contributed by atoms with van der Waals surface area (Å²) >= 11 is 1.31. The fourth-order valence-corrected chi connectivity index (χ4v) is 3.41. The van der Waals surface area contributed by atoms with Gasteiger partial charge in [-0.3, -0.25) is 4.79 Å². The molecule has 1 saturated carbocycles. The largest absolute Gasteiger partial charge is 0.388 e. The normalized spacial score (nSPS) is 16.6. The van der Waals surface area contributed by atoms with Crippen LogP contribution in [0.2, 0.25) is 0 Å². The van der Waals surface area contributed by atoms with Gasteiger partial charge in [0.25, 0.3) is 5.91 Å². The van der Waals surface area contributed by atoms with Crippen LogP contribution in [-0.4, -0.2) is 46.8 Å². The first-order valence-corrected chi connectivity index (χ1v) is 7.53. The van der Waals surface area contributed by atoms with Crippen LogP contribution in [-0.2, 0) is 0 Å². The molecule has 0 saturated heterocycles. The van der Waals surface area contributed by atoms with E-state index >= 15 is 0 Å². The molecule has 2 N–H and O–H groups in total. The van der Waals surface area contributed by atoms with Crippen molar-refractivity contribution >= 4 is 17.2 Å². The molecule has 20 heavy (non-hydrogen) atoms. The Labute approximate surface area is 123 Å². The van der Waals surface area contributed by atoms with Crippen molar-refractivity contribution in [2.75, 3.05) is 20.2 Å². The summed E-state index contributed by atoms with van der Waals surface area (Å²) in [5.41, 5.74) is -0.721. The topological polar surface area (TPSA) is 60.8 Å². The Balaban J connectivity index is 2.01. The lowest BCUT2D eigenvalue weighted by Crippen LogP contribution is -2.41. The molecular weight excluding hydrogens is 274 g/mol. The fraction of sp³-hybridized carbons (Fsp3) is 0.533. The molecule has 4 nitrogen and oxygen atoms in total. The van der Waals surface area contributed by atoms with Gasteiger partial charge in [-0.2, -0.15) is 0 Å². The fourth-order valence-electron chi connectivity index (χ4n) is 2.54. The molecule has 1 aromatic rings. The minimum Gasteiger partial charge on any atom is -0.388 e. The molecule has 5 heteroatoms. The zero-order valence-corrected chi connectivity index (χ0v) is 12.4. The lowest BCUT2D eigenvalue weighted by molar-refractivity contribution is 0.0158. The highest BCUT2D eigenvalue weighted by Crippen LogP contribution is 2.30. The number of nitrogens with zero attached hydrogens (tertiary/aromatic N) is 1. The van der Waals surface area contributed by atoms with Gasteiger partial charge in [-0.05, 0) is 25.0 Å². The highest BCUT2D eigenvalue weighted by Gasteiger charge is 2.33. The standard InChI is InChI=1S/C15H19NO3S/c1-16(11-15(19)8-2-3-9-15)14(18)13-7-6-12(20-13)5-4-10-17/h6-7,17,19H,2-3,8-11H2,1H3. The van der Waals surface area contributed by atoms with E-state index < -0.39 is 5.60 Å². The van der Waals surface area contributed by atoms with Crippen molar-refractivity contribution in [3.05, 3.63) is 21.9 Å². The van der Waals surface area contributed by atoms with E-state index in [9.17, 15) is 9.90 Å². The van der Waals surface area contributed by atoms with Gasteiger partial charge in [-0.15, -0.1) is 11.3 Å². The smallest absolute Gasteiger partial charge is 0.263 e. The van der Waals surface area contributed by atoms with Crippen LogP contribution in [0.5, 0.6) is 0 Å². The van der Waals surface area contributed by atoms with Crippen LogP contribution >= 0.6 is 11.3 Å². The van der Waals surface area contributed by atoms with Gasteiger partial charge in [0.05, 0.1) is 15.4 Å². The van der Waals surface area contributed by atoms with Crippen molar-refractivity contribution in [2.45, 2.75) is 31.3 Å². The van der Waals surface area contributed by atoms with Crippen molar-refractivity contribution in [1.82, 2.24) is 4.90 Å². The molecule has 108 valence electrons. The molecule has 1 heterocycles. The van der Waals surface area contributed by atoms with E-state index in [1.807, 2.05) is 0 Å². The maximum Gasteiger partial charge on any atom is 0.263 e. The quantitative estimate of drug-likeness (QED) is 0.830. The number of rotatable bonds is 3. The molecular formula is C15H19NO3S. The van der Waals surface area contributed by atoms with Crippen LogP contribution in [0.1, 0.15) is 40.2 Å². The molecule has 0 aromatic carbocycles. The van der Waals surface area contributed by atoms with Crippen molar-refractivity contribution in [2.24, 2.45) is 0 Å². The minimum absolute atomic E-state index is 0.0904. The highest BCUT2D eigenvalue weighted by atomic mass is 32.1. The summed E-state index contributed by atoms with van der Waals surface area (Å²) in [5, 5.41) is 19.0. The van der Waals surface area contributed by atoms with Crippen LogP contribution in [0.25, 0.3) is 0 Å². The number of carbonyl (C=O) groups excluding carboxylic acids is 1. The molecule has 0 atom stereocenters. The summed E-state index contributed by atoms with van der Waals surface area (Å²) < 4.78 is 0. The number of hydrogen-bond donors (Lipinski definition) is 2. The number of amides is 1. The van der Waals surface area contributed by atoms with Crippen molar-refractivity contribution in [3.8, 4) is 11.8 Å². The van der Waals surface area contributed by atoms with Gasteiger partial charge in [-0.25, -0.2) is 0 Å². The third-order valence-electron chi connectivity index (χ3n) is 3.52. The molecule has 1 aromatic heterocycles. The Kier molecular flexibility index (Phi) is 4.81. The Morgan fingerprint density at radius 3 is 2.80 bits per heavy atom. The molecule has 1 aliphatic carbocycles. The second-order valence-electron chi connectivity index (χ2n) is 5.22. The molecule has 1 amide bonds. The summed E-state index contributed by atoms with van der Waals surface area (Å²) in [4.78, 5) is 15.2. The summed E-state index contributed by atoms with van der Waals surface area (Å²) in [6, 6.07) is 3.52. The van der Waals surface area contributed by atoms with E-state index in [0.717, 1.165) is 30.6 Å². The average Bonchev–Trinajstić information content (AvgIpc) is 3.04. The summed E-state index contributed by atoms with van der Waals surface area (Å²) in [5.74, 6) is 5.26. The third-order valence-corrected chi connectivity index (χ3v) is 4.51. The number of carbonyl (C=O) groups is 1. The zero-order valence-electron chi connectivity index (χ0n) is 11.6. The second kappa shape index (κ2) is 6.40. The number of thiophene rings is 1. The monoisotopic (exact) mass is 293 g/mol. The van der Waals surface area contributed by atoms with Crippen LogP contribution in [0, 0.1) is 11.8 Å². The lowest BCUT2D eigenvalue weighted by Gasteiger charge is -2.28. The van der Waals surface area contributed by atoms with E-state index in [2.05, 4.69) is 11.8 Å². The molecule has 1 fully saturated rings. The van der Waals surface area contributed by atoms with Crippen LogP contribution in [0.4, 0.5) is 0 Å². The SMILES string of the molecule is CN(CC1(O)CCCC1)C(=O)c1ccc(C#CCO)s1. The maximum absolute atomic E-state index is 12.3. The summed E-state index contributed by atoms with van der Waals surface area (Å²) in [6.45, 7) is 0.190.